The lowest BCUT2D eigenvalue weighted by Gasteiger charge is -2.07. The van der Waals surface area contributed by atoms with Crippen LogP contribution in [0.15, 0.2) is 95.7 Å². The lowest BCUT2D eigenvalue weighted by molar-refractivity contribution is -0.111. The maximum Gasteiger partial charge on any atom is 0.185 e. The molecule has 0 aliphatic heterocycles. The Morgan fingerprint density at radius 2 is 1.41 bits per heavy atom. The van der Waals surface area contributed by atoms with Crippen molar-refractivity contribution < 1.29 is 4.79 Å². The summed E-state index contributed by atoms with van der Waals surface area (Å²) in [5, 5.41) is 0. The van der Waals surface area contributed by atoms with E-state index in [1.165, 1.54) is 16.7 Å². The molecule has 0 bridgehead atoms. The summed E-state index contributed by atoms with van der Waals surface area (Å²) in [6, 6.07) is 10.3. The van der Waals surface area contributed by atoms with Crippen LogP contribution in [0, 0.1) is 0 Å². The first-order valence-electron chi connectivity index (χ1n) is 9.28. The van der Waals surface area contributed by atoms with Crippen molar-refractivity contribution >= 4 is 11.4 Å². The van der Waals surface area contributed by atoms with Crippen molar-refractivity contribution in [1.82, 2.24) is 0 Å². The highest BCUT2D eigenvalue weighted by molar-refractivity contribution is 6.06. The minimum absolute atomic E-state index is 0.0632. The van der Waals surface area contributed by atoms with Crippen LogP contribution >= 0.6 is 0 Å². The van der Waals surface area contributed by atoms with Crippen molar-refractivity contribution in [3.05, 3.63) is 101 Å². The van der Waals surface area contributed by atoms with E-state index in [0.717, 1.165) is 16.7 Å². The number of allylic oxidation sites excluding steroid dienone is 11. The van der Waals surface area contributed by atoms with Gasteiger partial charge in [0.2, 0.25) is 0 Å². The Labute approximate surface area is 166 Å². The van der Waals surface area contributed by atoms with Gasteiger partial charge in [-0.15, -0.1) is 0 Å². The first-order valence-corrected chi connectivity index (χ1v) is 9.28. The maximum atomic E-state index is 11.6. The molecule has 0 saturated carbocycles. The van der Waals surface area contributed by atoms with E-state index in [2.05, 4.69) is 39.5 Å². The van der Waals surface area contributed by atoms with Crippen molar-refractivity contribution in [1.29, 1.82) is 0 Å². The number of hydrogen-bond acceptors (Lipinski definition) is 1. The van der Waals surface area contributed by atoms with Crippen molar-refractivity contribution in [3.8, 4) is 0 Å². The molecule has 0 N–H and O–H groups in total. The predicted octanol–water partition coefficient (Wildman–Crippen LogP) is 7.66. The minimum atomic E-state index is 0.0632. The average Bonchev–Trinajstić information content (AvgIpc) is 2.65. The van der Waals surface area contributed by atoms with Gasteiger partial charge in [-0.05, 0) is 71.3 Å². The number of rotatable bonds is 6. The van der Waals surface area contributed by atoms with Gasteiger partial charge in [-0.1, -0.05) is 78.4 Å². The van der Waals surface area contributed by atoms with Gasteiger partial charge < -0.3 is 0 Å². The average molecular weight is 363 g/mol. The van der Waals surface area contributed by atoms with E-state index in [4.69, 9.17) is 0 Å². The van der Waals surface area contributed by atoms with E-state index in [0.29, 0.717) is 0 Å². The molecule has 0 aliphatic rings. The Bertz CT molecular complexity index is 758. The third-order valence-corrected chi connectivity index (χ3v) is 4.01. The zero-order valence-electron chi connectivity index (χ0n) is 18.0. The smallest absolute Gasteiger partial charge is 0.185 e. The number of ketones is 1. The van der Waals surface area contributed by atoms with Crippen LogP contribution in [-0.4, -0.2) is 5.78 Å². The van der Waals surface area contributed by atoms with Crippen LogP contribution in [0.5, 0.6) is 0 Å². The summed E-state index contributed by atoms with van der Waals surface area (Å²) < 4.78 is 0. The van der Waals surface area contributed by atoms with Gasteiger partial charge in [-0.2, -0.15) is 0 Å². The third kappa shape index (κ3) is 9.55. The highest BCUT2D eigenvalue weighted by Gasteiger charge is 2.02. The van der Waals surface area contributed by atoms with Gasteiger partial charge in [0, 0.05) is 5.57 Å². The van der Waals surface area contributed by atoms with Crippen LogP contribution in [0.3, 0.4) is 0 Å². The maximum absolute atomic E-state index is 11.6. The Morgan fingerprint density at radius 3 is 1.85 bits per heavy atom. The molecular formula is C26H34O. The summed E-state index contributed by atoms with van der Waals surface area (Å²) in [6.07, 6.45) is 10.9. The Hall–Kier alpha value is -2.67. The summed E-state index contributed by atoms with van der Waals surface area (Å²) >= 11 is 0. The fourth-order valence-corrected chi connectivity index (χ4v) is 2.16. The summed E-state index contributed by atoms with van der Waals surface area (Å²) in [6.45, 7) is 18.1. The molecule has 0 aromatic heterocycles. The van der Waals surface area contributed by atoms with Gasteiger partial charge in [0.05, 0.1) is 0 Å². The van der Waals surface area contributed by atoms with Crippen molar-refractivity contribution in [2.24, 2.45) is 0 Å². The lowest BCUT2D eigenvalue weighted by atomic mass is 9.98. The summed E-state index contributed by atoms with van der Waals surface area (Å²) in [5.74, 6) is 0.0632. The quantitative estimate of drug-likeness (QED) is 0.375. The molecule has 0 fully saturated rings. The Balaban J connectivity index is 0.000000501. The molecule has 1 aromatic carbocycles. The van der Waals surface area contributed by atoms with Crippen molar-refractivity contribution in [3.63, 3.8) is 0 Å². The lowest BCUT2D eigenvalue weighted by Crippen LogP contribution is -1.97. The van der Waals surface area contributed by atoms with Crippen LogP contribution in [0.25, 0.3) is 5.57 Å². The van der Waals surface area contributed by atoms with Gasteiger partial charge in [0.25, 0.3) is 0 Å². The Morgan fingerprint density at radius 1 is 0.815 bits per heavy atom. The molecular weight excluding hydrogens is 328 g/mol. The van der Waals surface area contributed by atoms with Crippen LogP contribution in [0.2, 0.25) is 0 Å². The van der Waals surface area contributed by atoms with E-state index in [9.17, 15) is 4.79 Å². The minimum Gasteiger partial charge on any atom is -0.289 e. The molecule has 0 aliphatic carbocycles. The SMILES string of the molecule is C/C=C/C=C\C(C(=O)/C=C/C)=C(C)C.C=C(C(C)=C(C)C)c1ccccc1. The second-order valence-electron chi connectivity index (χ2n) is 6.63. The van der Waals surface area contributed by atoms with E-state index < -0.39 is 0 Å². The van der Waals surface area contributed by atoms with Crippen LogP contribution < -0.4 is 0 Å². The molecule has 27 heavy (non-hydrogen) atoms. The molecule has 1 nitrogen and oxygen atoms in total. The van der Waals surface area contributed by atoms with Crippen molar-refractivity contribution in [2.45, 2.75) is 48.5 Å². The van der Waals surface area contributed by atoms with Crippen LogP contribution in [0.4, 0.5) is 0 Å². The first kappa shape index (κ1) is 24.3. The fraction of sp³-hybridized carbons (Fsp3) is 0.269. The second kappa shape index (κ2) is 13.5. The van der Waals surface area contributed by atoms with Crippen LogP contribution in [-0.2, 0) is 4.79 Å². The van der Waals surface area contributed by atoms with Gasteiger partial charge in [-0.25, -0.2) is 0 Å². The number of benzene rings is 1. The van der Waals surface area contributed by atoms with Gasteiger partial charge in [0.15, 0.2) is 5.78 Å². The summed E-state index contributed by atoms with van der Waals surface area (Å²) in [4.78, 5) is 11.6. The molecule has 0 unspecified atom stereocenters. The molecule has 0 saturated heterocycles. The molecule has 0 radical (unpaired) electrons. The first-order chi connectivity index (χ1) is 12.8. The second-order valence-corrected chi connectivity index (χ2v) is 6.63. The third-order valence-electron chi connectivity index (χ3n) is 4.01. The van der Waals surface area contributed by atoms with Crippen LogP contribution in [0.1, 0.15) is 54.0 Å². The monoisotopic (exact) mass is 362 g/mol. The summed E-state index contributed by atoms with van der Waals surface area (Å²) in [7, 11) is 0. The number of carbonyl (C=O) groups excluding carboxylic acids is 1. The summed E-state index contributed by atoms with van der Waals surface area (Å²) in [5.41, 5.74) is 6.75. The molecule has 1 rings (SSSR count). The van der Waals surface area contributed by atoms with Gasteiger partial charge in [-0.3, -0.25) is 4.79 Å². The molecule has 0 amide bonds. The van der Waals surface area contributed by atoms with E-state index in [-0.39, 0.29) is 5.78 Å². The largest absolute Gasteiger partial charge is 0.289 e. The fourth-order valence-electron chi connectivity index (χ4n) is 2.16. The molecule has 0 atom stereocenters. The number of hydrogen-bond donors (Lipinski definition) is 0. The molecule has 144 valence electrons. The topological polar surface area (TPSA) is 17.1 Å². The molecule has 1 heteroatoms. The Kier molecular flexibility index (Phi) is 12.2. The molecule has 1 aromatic rings. The number of carbonyl (C=O) groups is 1. The zero-order chi connectivity index (χ0) is 20.8. The van der Waals surface area contributed by atoms with E-state index >= 15 is 0 Å². The van der Waals surface area contributed by atoms with Gasteiger partial charge in [0.1, 0.15) is 0 Å². The highest BCUT2D eigenvalue weighted by atomic mass is 16.1. The normalized spacial score (nSPS) is 10.6. The molecule has 0 spiro atoms. The van der Waals surface area contributed by atoms with E-state index in [1.807, 2.05) is 70.2 Å². The van der Waals surface area contributed by atoms with Gasteiger partial charge >= 0.3 is 0 Å². The van der Waals surface area contributed by atoms with Crippen molar-refractivity contribution in [2.75, 3.05) is 0 Å². The predicted molar refractivity (Wildman–Crippen MR) is 122 cm³/mol. The zero-order valence-corrected chi connectivity index (χ0v) is 18.0. The highest BCUT2D eigenvalue weighted by Crippen LogP contribution is 2.22. The molecule has 0 heterocycles. The van der Waals surface area contributed by atoms with E-state index in [1.54, 1.807) is 12.2 Å². The standard InChI is InChI=1S/C13H18O.C13H16/c1-5-7-8-10-12(11(3)4)13(14)9-6-2;1-10(2)11(3)12(4)13-8-6-5-7-9-13/h5-10H,1-4H3;5-9H,4H2,1-3H3/b7-5+,9-6+,10-8-;.